The fourth-order valence-electron chi connectivity index (χ4n) is 2.29. The number of likely N-dealkylation sites (N-methyl/N-ethyl adjacent to an activating group) is 1. The zero-order valence-electron chi connectivity index (χ0n) is 11.5. The summed E-state index contributed by atoms with van der Waals surface area (Å²) in [5.74, 6) is -0.308. The van der Waals surface area contributed by atoms with Crippen molar-refractivity contribution in [1.82, 2.24) is 10.2 Å². The van der Waals surface area contributed by atoms with Gasteiger partial charge in [-0.05, 0) is 19.2 Å². The molecule has 104 valence electrons. The van der Waals surface area contributed by atoms with Crippen LogP contribution in [0.1, 0.15) is 10.4 Å². The molecule has 0 aliphatic carbocycles. The highest BCUT2D eigenvalue weighted by molar-refractivity contribution is 5.95. The fraction of sp³-hybridized carbons (Fsp3) is 0.500. The molecule has 1 aliphatic heterocycles. The summed E-state index contributed by atoms with van der Waals surface area (Å²) in [7, 11) is 3.52. The summed E-state index contributed by atoms with van der Waals surface area (Å²) in [6.07, 6.45) is 0. The molecule has 0 bridgehead atoms. The highest BCUT2D eigenvalue weighted by Crippen LogP contribution is 2.16. The maximum Gasteiger partial charge on any atom is 0.339 e. The molecule has 0 saturated carbocycles. The smallest absolute Gasteiger partial charge is 0.339 e. The lowest BCUT2D eigenvalue weighted by molar-refractivity contribution is 0.0602. The molecule has 1 aromatic rings. The highest BCUT2D eigenvalue weighted by atomic mass is 16.5. The normalized spacial score (nSPS) is 20.0. The maximum atomic E-state index is 11.7. The van der Waals surface area contributed by atoms with Crippen molar-refractivity contribution in [3.63, 3.8) is 0 Å². The molecule has 0 spiro atoms. The Labute approximate surface area is 113 Å². The Kier molecular flexibility index (Phi) is 4.76. The Morgan fingerprint density at radius 2 is 2.32 bits per heavy atom. The van der Waals surface area contributed by atoms with Crippen LogP contribution in [0.5, 0.6) is 0 Å². The van der Waals surface area contributed by atoms with E-state index in [4.69, 9.17) is 4.74 Å². The van der Waals surface area contributed by atoms with Crippen molar-refractivity contribution >= 4 is 11.7 Å². The molecule has 19 heavy (non-hydrogen) atoms. The molecule has 0 radical (unpaired) electrons. The molecule has 2 N–H and O–H groups in total. The molecule has 0 amide bonds. The quantitative estimate of drug-likeness (QED) is 0.787. The van der Waals surface area contributed by atoms with E-state index in [2.05, 4.69) is 22.6 Å². The van der Waals surface area contributed by atoms with Crippen molar-refractivity contribution < 1.29 is 9.53 Å². The SMILES string of the molecule is COC(=O)c1ccccc1NCC1CN(C)CCN1. The first-order valence-corrected chi connectivity index (χ1v) is 6.54. The van der Waals surface area contributed by atoms with Gasteiger partial charge in [-0.25, -0.2) is 4.79 Å². The number of carbonyl (C=O) groups excluding carboxylic acids is 1. The number of hydrogen-bond donors (Lipinski definition) is 2. The predicted molar refractivity (Wildman–Crippen MR) is 75.6 cm³/mol. The van der Waals surface area contributed by atoms with Gasteiger partial charge in [-0.2, -0.15) is 0 Å². The van der Waals surface area contributed by atoms with Crippen LogP contribution < -0.4 is 10.6 Å². The van der Waals surface area contributed by atoms with Crippen LogP contribution in [0.15, 0.2) is 24.3 Å². The second-order valence-corrected chi connectivity index (χ2v) is 4.83. The number of carbonyl (C=O) groups is 1. The molecule has 2 rings (SSSR count). The summed E-state index contributed by atoms with van der Waals surface area (Å²) in [4.78, 5) is 14.0. The first-order valence-electron chi connectivity index (χ1n) is 6.54. The van der Waals surface area contributed by atoms with Gasteiger partial charge in [-0.1, -0.05) is 12.1 Å². The van der Waals surface area contributed by atoms with E-state index in [-0.39, 0.29) is 5.97 Å². The van der Waals surface area contributed by atoms with Crippen molar-refractivity contribution in [1.29, 1.82) is 0 Å². The number of para-hydroxylation sites is 1. The Hall–Kier alpha value is -1.59. The van der Waals surface area contributed by atoms with Crippen molar-refractivity contribution in [2.75, 3.05) is 45.7 Å². The summed E-state index contributed by atoms with van der Waals surface area (Å²) in [5, 5.41) is 6.79. The number of esters is 1. The summed E-state index contributed by atoms with van der Waals surface area (Å²) in [5.41, 5.74) is 1.40. The van der Waals surface area contributed by atoms with Crippen molar-refractivity contribution in [2.24, 2.45) is 0 Å². The third-order valence-electron chi connectivity index (χ3n) is 3.33. The van der Waals surface area contributed by atoms with E-state index in [1.54, 1.807) is 6.07 Å². The molecule has 1 saturated heterocycles. The Bertz CT molecular complexity index is 436. The topological polar surface area (TPSA) is 53.6 Å². The van der Waals surface area contributed by atoms with Crippen molar-refractivity contribution in [3.8, 4) is 0 Å². The number of rotatable bonds is 4. The third kappa shape index (κ3) is 3.68. The number of nitrogens with one attached hydrogen (secondary N) is 2. The molecule has 1 atom stereocenters. The fourth-order valence-corrected chi connectivity index (χ4v) is 2.29. The number of nitrogens with zero attached hydrogens (tertiary/aromatic N) is 1. The Balaban J connectivity index is 1.97. The predicted octanol–water partition coefficient (Wildman–Crippen LogP) is 0.789. The number of benzene rings is 1. The molecule has 5 nitrogen and oxygen atoms in total. The van der Waals surface area contributed by atoms with Gasteiger partial charge in [0.05, 0.1) is 12.7 Å². The van der Waals surface area contributed by atoms with E-state index < -0.39 is 0 Å². The lowest BCUT2D eigenvalue weighted by Gasteiger charge is -2.31. The molecule has 1 fully saturated rings. The summed E-state index contributed by atoms with van der Waals surface area (Å²) >= 11 is 0. The minimum atomic E-state index is -0.308. The highest BCUT2D eigenvalue weighted by Gasteiger charge is 2.17. The van der Waals surface area contributed by atoms with Crippen LogP contribution in [0.3, 0.4) is 0 Å². The lowest BCUT2D eigenvalue weighted by atomic mass is 10.1. The van der Waals surface area contributed by atoms with Gasteiger partial charge in [0.25, 0.3) is 0 Å². The van der Waals surface area contributed by atoms with Crippen LogP contribution in [0, 0.1) is 0 Å². The largest absolute Gasteiger partial charge is 0.465 e. The summed E-state index contributed by atoms with van der Waals surface area (Å²) < 4.78 is 4.78. The van der Waals surface area contributed by atoms with E-state index in [0.29, 0.717) is 11.6 Å². The zero-order valence-corrected chi connectivity index (χ0v) is 11.5. The molecule has 1 aliphatic rings. The minimum Gasteiger partial charge on any atom is -0.465 e. The van der Waals surface area contributed by atoms with Gasteiger partial charge < -0.3 is 20.3 Å². The monoisotopic (exact) mass is 263 g/mol. The lowest BCUT2D eigenvalue weighted by Crippen LogP contribution is -2.51. The van der Waals surface area contributed by atoms with Crippen molar-refractivity contribution in [2.45, 2.75) is 6.04 Å². The van der Waals surface area contributed by atoms with Gasteiger partial charge in [-0.3, -0.25) is 0 Å². The average molecular weight is 263 g/mol. The first-order chi connectivity index (χ1) is 9.20. The molecular formula is C14H21N3O2. The molecule has 5 heteroatoms. The van der Waals surface area contributed by atoms with Gasteiger partial charge in [0.1, 0.15) is 0 Å². The Morgan fingerprint density at radius 1 is 1.53 bits per heavy atom. The average Bonchev–Trinajstić information content (AvgIpc) is 2.45. The maximum absolute atomic E-state index is 11.7. The minimum absolute atomic E-state index is 0.308. The molecular weight excluding hydrogens is 242 g/mol. The number of ether oxygens (including phenoxy) is 1. The molecule has 0 aromatic heterocycles. The number of hydrogen-bond acceptors (Lipinski definition) is 5. The van der Waals surface area contributed by atoms with Crippen LogP contribution in [0.4, 0.5) is 5.69 Å². The van der Waals surface area contributed by atoms with Gasteiger partial charge >= 0.3 is 5.97 Å². The van der Waals surface area contributed by atoms with E-state index in [1.165, 1.54) is 7.11 Å². The van der Waals surface area contributed by atoms with Crippen LogP contribution >= 0.6 is 0 Å². The first kappa shape index (κ1) is 13.8. The van der Waals surface area contributed by atoms with Gasteiger partial charge in [0, 0.05) is 37.9 Å². The van der Waals surface area contributed by atoms with E-state index >= 15 is 0 Å². The van der Waals surface area contributed by atoms with Crippen LogP contribution in [0.25, 0.3) is 0 Å². The number of methoxy groups -OCH3 is 1. The van der Waals surface area contributed by atoms with Gasteiger partial charge in [0.2, 0.25) is 0 Å². The Morgan fingerprint density at radius 3 is 3.05 bits per heavy atom. The number of piperazine rings is 1. The van der Waals surface area contributed by atoms with Gasteiger partial charge in [0.15, 0.2) is 0 Å². The van der Waals surface area contributed by atoms with Gasteiger partial charge in [-0.15, -0.1) is 0 Å². The summed E-state index contributed by atoms with van der Waals surface area (Å²) in [6, 6.07) is 7.82. The second-order valence-electron chi connectivity index (χ2n) is 4.83. The molecule has 1 unspecified atom stereocenters. The summed E-state index contributed by atoms with van der Waals surface area (Å²) in [6.45, 7) is 3.88. The van der Waals surface area contributed by atoms with E-state index in [0.717, 1.165) is 31.9 Å². The van der Waals surface area contributed by atoms with Crippen LogP contribution in [-0.2, 0) is 4.74 Å². The van der Waals surface area contributed by atoms with E-state index in [1.807, 2.05) is 18.2 Å². The van der Waals surface area contributed by atoms with Crippen LogP contribution in [-0.4, -0.2) is 57.2 Å². The standard InChI is InChI=1S/C14H21N3O2/c1-17-8-7-15-11(10-17)9-16-13-6-4-3-5-12(13)14(18)19-2/h3-6,11,15-16H,7-10H2,1-2H3. The molecule has 1 heterocycles. The van der Waals surface area contributed by atoms with E-state index in [9.17, 15) is 4.79 Å². The second kappa shape index (κ2) is 6.54. The zero-order chi connectivity index (χ0) is 13.7. The number of anilines is 1. The van der Waals surface area contributed by atoms with Crippen molar-refractivity contribution in [3.05, 3.63) is 29.8 Å². The third-order valence-corrected chi connectivity index (χ3v) is 3.33. The van der Waals surface area contributed by atoms with Crippen LogP contribution in [0.2, 0.25) is 0 Å². The molecule has 1 aromatic carbocycles.